The highest BCUT2D eigenvalue weighted by molar-refractivity contribution is 6.00. The molecule has 128 valence electrons. The minimum atomic E-state index is -1.03. The molecule has 24 heavy (non-hydrogen) atoms. The molecule has 1 atom stereocenters. The summed E-state index contributed by atoms with van der Waals surface area (Å²) in [6.07, 6.45) is 0.373. The number of hydrogen-bond acceptors (Lipinski definition) is 4. The van der Waals surface area contributed by atoms with Gasteiger partial charge in [0.15, 0.2) is 0 Å². The molecule has 0 aliphatic rings. The van der Waals surface area contributed by atoms with E-state index in [1.807, 2.05) is 19.9 Å². The van der Waals surface area contributed by atoms with Crippen LogP contribution in [0.15, 0.2) is 24.3 Å². The van der Waals surface area contributed by atoms with Crippen LogP contribution in [0, 0.1) is 12.8 Å². The number of nitrogens with zero attached hydrogens (tertiary/aromatic N) is 1. The lowest BCUT2D eigenvalue weighted by Crippen LogP contribution is -2.41. The predicted molar refractivity (Wildman–Crippen MR) is 91.4 cm³/mol. The number of methoxy groups -OCH3 is 1. The van der Waals surface area contributed by atoms with Crippen molar-refractivity contribution in [2.24, 2.45) is 5.92 Å². The summed E-state index contributed by atoms with van der Waals surface area (Å²) in [6, 6.07) is 6.22. The quantitative estimate of drug-likeness (QED) is 0.850. The standard InChI is InChI=1S/C18H22N2O4/c1-10(2)7-16(18(22)23)20-17(21)14-8-12-5-6-13(24-4)9-15(12)19-11(14)3/h5-6,8-10,16H,7H2,1-4H3,(H,20,21)(H,22,23)/t16-/m1/s1. The first-order valence-corrected chi connectivity index (χ1v) is 7.81. The van der Waals surface area contributed by atoms with Crippen molar-refractivity contribution in [2.45, 2.75) is 33.2 Å². The van der Waals surface area contributed by atoms with Gasteiger partial charge in [0.1, 0.15) is 11.8 Å². The largest absolute Gasteiger partial charge is 0.497 e. The zero-order chi connectivity index (χ0) is 17.9. The van der Waals surface area contributed by atoms with Crippen LogP contribution in [0.3, 0.4) is 0 Å². The molecule has 2 rings (SSSR count). The Hall–Kier alpha value is -2.63. The Morgan fingerprint density at radius 3 is 2.58 bits per heavy atom. The summed E-state index contributed by atoms with van der Waals surface area (Å²) in [5.41, 5.74) is 1.64. The minimum Gasteiger partial charge on any atom is -0.497 e. The molecule has 0 aliphatic heterocycles. The maximum absolute atomic E-state index is 12.5. The van der Waals surface area contributed by atoms with Gasteiger partial charge in [-0.1, -0.05) is 13.8 Å². The Kier molecular flexibility index (Phi) is 5.39. The average Bonchev–Trinajstić information content (AvgIpc) is 2.52. The van der Waals surface area contributed by atoms with E-state index >= 15 is 0 Å². The molecule has 1 amide bonds. The fourth-order valence-corrected chi connectivity index (χ4v) is 2.53. The van der Waals surface area contributed by atoms with Gasteiger partial charge in [0, 0.05) is 11.5 Å². The maximum atomic E-state index is 12.5. The van der Waals surface area contributed by atoms with Crippen LogP contribution in [0.5, 0.6) is 5.75 Å². The lowest BCUT2D eigenvalue weighted by Gasteiger charge is -2.17. The third-order valence-electron chi connectivity index (χ3n) is 3.77. The van der Waals surface area contributed by atoms with Crippen molar-refractivity contribution < 1.29 is 19.4 Å². The summed E-state index contributed by atoms with van der Waals surface area (Å²) < 4.78 is 5.17. The van der Waals surface area contributed by atoms with Gasteiger partial charge >= 0.3 is 5.97 Å². The molecule has 0 bridgehead atoms. The Balaban J connectivity index is 2.31. The van der Waals surface area contributed by atoms with Gasteiger partial charge in [0.2, 0.25) is 0 Å². The smallest absolute Gasteiger partial charge is 0.326 e. The first kappa shape index (κ1) is 17.7. The molecule has 0 saturated carbocycles. The Morgan fingerprint density at radius 1 is 1.29 bits per heavy atom. The van der Waals surface area contributed by atoms with Gasteiger partial charge in [-0.25, -0.2) is 4.79 Å². The number of pyridine rings is 1. The van der Waals surface area contributed by atoms with Crippen LogP contribution < -0.4 is 10.1 Å². The van der Waals surface area contributed by atoms with E-state index in [4.69, 9.17) is 4.74 Å². The van der Waals surface area contributed by atoms with Crippen molar-refractivity contribution in [1.82, 2.24) is 10.3 Å². The lowest BCUT2D eigenvalue weighted by atomic mass is 10.0. The molecular weight excluding hydrogens is 308 g/mol. The number of carboxylic acids is 1. The van der Waals surface area contributed by atoms with E-state index in [0.717, 1.165) is 10.9 Å². The molecule has 0 radical (unpaired) electrons. The molecule has 0 unspecified atom stereocenters. The highest BCUT2D eigenvalue weighted by Crippen LogP contribution is 2.22. The fourth-order valence-electron chi connectivity index (χ4n) is 2.53. The first-order chi connectivity index (χ1) is 11.3. The van der Waals surface area contributed by atoms with Gasteiger partial charge in [-0.05, 0) is 37.5 Å². The predicted octanol–water partition coefficient (Wildman–Crippen LogP) is 2.78. The van der Waals surface area contributed by atoms with Gasteiger partial charge in [-0.15, -0.1) is 0 Å². The highest BCUT2D eigenvalue weighted by Gasteiger charge is 2.23. The summed E-state index contributed by atoms with van der Waals surface area (Å²) in [5, 5.41) is 12.7. The van der Waals surface area contributed by atoms with E-state index in [-0.39, 0.29) is 5.92 Å². The number of carbonyl (C=O) groups excluding carboxylic acids is 1. The maximum Gasteiger partial charge on any atom is 0.326 e. The minimum absolute atomic E-state index is 0.162. The Morgan fingerprint density at radius 2 is 2.00 bits per heavy atom. The molecule has 1 heterocycles. The van der Waals surface area contributed by atoms with E-state index in [9.17, 15) is 14.7 Å². The van der Waals surface area contributed by atoms with Gasteiger partial charge < -0.3 is 15.2 Å². The number of carbonyl (C=O) groups is 2. The van der Waals surface area contributed by atoms with E-state index in [1.54, 1.807) is 32.2 Å². The van der Waals surface area contributed by atoms with Crippen molar-refractivity contribution in [3.05, 3.63) is 35.5 Å². The van der Waals surface area contributed by atoms with Crippen LogP contribution >= 0.6 is 0 Å². The SMILES string of the molecule is COc1ccc2cc(C(=O)N[C@H](CC(C)C)C(=O)O)c(C)nc2c1. The van der Waals surface area contributed by atoms with Crippen molar-refractivity contribution in [2.75, 3.05) is 7.11 Å². The van der Waals surface area contributed by atoms with Crippen molar-refractivity contribution in [1.29, 1.82) is 0 Å². The van der Waals surface area contributed by atoms with Crippen LogP contribution in [0.4, 0.5) is 0 Å². The molecule has 0 saturated heterocycles. The van der Waals surface area contributed by atoms with E-state index < -0.39 is 17.9 Å². The summed E-state index contributed by atoms with van der Waals surface area (Å²) in [4.78, 5) is 28.2. The van der Waals surface area contributed by atoms with Crippen molar-refractivity contribution >= 4 is 22.8 Å². The van der Waals surface area contributed by atoms with Crippen LogP contribution in [0.1, 0.15) is 36.3 Å². The number of aryl methyl sites for hydroxylation is 1. The molecular formula is C18H22N2O4. The number of rotatable bonds is 6. The second kappa shape index (κ2) is 7.29. The third-order valence-corrected chi connectivity index (χ3v) is 3.77. The molecule has 0 aliphatic carbocycles. The molecule has 0 fully saturated rings. The van der Waals surface area contributed by atoms with Crippen LogP contribution in [0.25, 0.3) is 10.9 Å². The van der Waals surface area contributed by atoms with Crippen molar-refractivity contribution in [3.8, 4) is 5.75 Å². The Bertz CT molecular complexity index is 771. The number of nitrogens with one attached hydrogen (secondary N) is 1. The molecule has 0 spiro atoms. The third kappa shape index (κ3) is 4.01. The molecule has 2 N–H and O–H groups in total. The monoisotopic (exact) mass is 330 g/mol. The molecule has 2 aromatic rings. The number of aromatic nitrogens is 1. The molecule has 1 aromatic heterocycles. The van der Waals surface area contributed by atoms with E-state index in [1.165, 1.54) is 0 Å². The van der Waals surface area contributed by atoms with E-state index in [2.05, 4.69) is 10.3 Å². The summed E-state index contributed by atoms with van der Waals surface area (Å²) in [7, 11) is 1.58. The van der Waals surface area contributed by atoms with Crippen LogP contribution in [0.2, 0.25) is 0 Å². The summed E-state index contributed by atoms with van der Waals surface area (Å²) in [5.74, 6) is -0.608. The van der Waals surface area contributed by atoms with Gasteiger partial charge in [-0.2, -0.15) is 0 Å². The number of aliphatic carboxylic acids is 1. The second-order valence-corrected chi connectivity index (χ2v) is 6.17. The lowest BCUT2D eigenvalue weighted by molar-refractivity contribution is -0.139. The van der Waals surface area contributed by atoms with Crippen LogP contribution in [-0.2, 0) is 4.79 Å². The van der Waals surface area contributed by atoms with E-state index in [0.29, 0.717) is 23.4 Å². The molecule has 6 heteroatoms. The fraction of sp³-hybridized carbons (Fsp3) is 0.389. The summed E-state index contributed by atoms with van der Waals surface area (Å²) in [6.45, 7) is 5.56. The molecule has 6 nitrogen and oxygen atoms in total. The van der Waals surface area contributed by atoms with Gasteiger partial charge in [0.05, 0.1) is 23.9 Å². The Labute approximate surface area is 140 Å². The summed E-state index contributed by atoms with van der Waals surface area (Å²) >= 11 is 0. The number of ether oxygens (including phenoxy) is 1. The number of carboxylic acid groups (broad SMARTS) is 1. The van der Waals surface area contributed by atoms with Gasteiger partial charge in [0.25, 0.3) is 5.91 Å². The van der Waals surface area contributed by atoms with Crippen molar-refractivity contribution in [3.63, 3.8) is 0 Å². The number of hydrogen-bond donors (Lipinski definition) is 2. The number of amides is 1. The topological polar surface area (TPSA) is 88.5 Å². The van der Waals surface area contributed by atoms with Gasteiger partial charge in [-0.3, -0.25) is 9.78 Å². The zero-order valence-electron chi connectivity index (χ0n) is 14.3. The normalized spacial score (nSPS) is 12.2. The number of fused-ring (bicyclic) bond motifs is 1. The highest BCUT2D eigenvalue weighted by atomic mass is 16.5. The average molecular weight is 330 g/mol. The zero-order valence-corrected chi connectivity index (χ0v) is 14.3. The van der Waals surface area contributed by atoms with Crippen LogP contribution in [-0.4, -0.2) is 35.1 Å². The number of benzene rings is 1. The second-order valence-electron chi connectivity index (χ2n) is 6.17. The molecule has 1 aromatic carbocycles. The first-order valence-electron chi connectivity index (χ1n) is 7.81.